The van der Waals surface area contributed by atoms with Gasteiger partial charge in [-0.2, -0.15) is 0 Å². The van der Waals surface area contributed by atoms with Crippen LogP contribution in [0, 0.1) is 5.41 Å². The van der Waals surface area contributed by atoms with Crippen molar-refractivity contribution in [2.24, 2.45) is 5.41 Å². The summed E-state index contributed by atoms with van der Waals surface area (Å²) in [6.45, 7) is 9.16. The third-order valence-electron chi connectivity index (χ3n) is 3.33. The second-order valence-electron chi connectivity index (χ2n) is 6.07. The smallest absolute Gasteiger partial charge is 0.145 e. The molecule has 1 aromatic carbocycles. The van der Waals surface area contributed by atoms with Crippen molar-refractivity contribution in [3.05, 3.63) is 35.5 Å². The minimum absolute atomic E-state index is 0.0654. The molecule has 0 radical (unpaired) electrons. The highest BCUT2D eigenvalue weighted by Crippen LogP contribution is 2.30. The van der Waals surface area contributed by atoms with E-state index in [0.717, 1.165) is 36.2 Å². The van der Waals surface area contributed by atoms with Crippen molar-refractivity contribution in [1.29, 1.82) is 0 Å². The molecule has 1 aromatic heterocycles. The molecule has 0 amide bonds. The number of ether oxygens (including phenoxy) is 1. The number of hydrogen-bond donors (Lipinski definition) is 1. The second kappa shape index (κ2) is 7.10. The van der Waals surface area contributed by atoms with Crippen molar-refractivity contribution in [3.8, 4) is 5.75 Å². The van der Waals surface area contributed by atoms with Crippen molar-refractivity contribution in [1.82, 2.24) is 10.3 Å². The van der Waals surface area contributed by atoms with E-state index < -0.39 is 0 Å². The molecule has 3 nitrogen and oxygen atoms in total. The number of pyridine rings is 1. The Morgan fingerprint density at radius 2 is 2.10 bits per heavy atom. The fraction of sp³-hybridized carbons (Fsp3) is 0.471. The summed E-state index contributed by atoms with van der Waals surface area (Å²) in [6, 6.07) is 7.61. The quantitative estimate of drug-likeness (QED) is 0.775. The Hall–Kier alpha value is -1.32. The summed E-state index contributed by atoms with van der Waals surface area (Å²) >= 11 is 6.20. The van der Waals surface area contributed by atoms with Crippen molar-refractivity contribution >= 4 is 22.5 Å². The van der Waals surface area contributed by atoms with Crippen LogP contribution in [0.25, 0.3) is 10.9 Å². The molecule has 0 aliphatic carbocycles. The van der Waals surface area contributed by atoms with Crippen molar-refractivity contribution in [3.63, 3.8) is 0 Å². The molecule has 0 aliphatic rings. The van der Waals surface area contributed by atoms with Gasteiger partial charge in [0.15, 0.2) is 0 Å². The third-order valence-corrected chi connectivity index (χ3v) is 3.66. The van der Waals surface area contributed by atoms with Crippen LogP contribution in [0.15, 0.2) is 30.5 Å². The summed E-state index contributed by atoms with van der Waals surface area (Å²) in [5.74, 6) is 0.790. The number of aromatic nitrogens is 1. The van der Waals surface area contributed by atoms with Crippen LogP contribution in [-0.4, -0.2) is 24.7 Å². The predicted octanol–water partition coefficient (Wildman–Crippen LogP) is 4.29. The molecule has 1 N–H and O–H groups in total. The lowest BCUT2D eigenvalue weighted by Gasteiger charge is -2.25. The first-order valence-corrected chi connectivity index (χ1v) is 7.78. The molecule has 0 aliphatic heterocycles. The first-order valence-electron chi connectivity index (χ1n) is 7.40. The number of fused-ring (bicyclic) bond motifs is 1. The number of nitrogens with zero attached hydrogens (tertiary/aromatic N) is 1. The number of rotatable bonds is 7. The zero-order chi connectivity index (χ0) is 15.3. The molecular formula is C17H23ClN2O. The molecule has 114 valence electrons. The van der Waals surface area contributed by atoms with E-state index in [1.165, 1.54) is 0 Å². The first kappa shape index (κ1) is 16.1. The van der Waals surface area contributed by atoms with Gasteiger partial charge < -0.3 is 10.1 Å². The van der Waals surface area contributed by atoms with Crippen LogP contribution in [0.2, 0.25) is 5.02 Å². The molecule has 2 rings (SSSR count). The van der Waals surface area contributed by atoms with E-state index >= 15 is 0 Å². The van der Waals surface area contributed by atoms with Gasteiger partial charge in [-0.15, -0.1) is 0 Å². The first-order chi connectivity index (χ1) is 10.0. The summed E-state index contributed by atoms with van der Waals surface area (Å²) < 4.78 is 6.01. The second-order valence-corrected chi connectivity index (χ2v) is 6.48. The van der Waals surface area contributed by atoms with Crippen molar-refractivity contribution in [2.45, 2.75) is 27.2 Å². The molecule has 0 fully saturated rings. The Morgan fingerprint density at radius 1 is 1.29 bits per heavy atom. The van der Waals surface area contributed by atoms with Crippen molar-refractivity contribution < 1.29 is 4.74 Å². The molecule has 0 spiro atoms. The summed E-state index contributed by atoms with van der Waals surface area (Å²) in [4.78, 5) is 4.39. The largest absolute Gasteiger partial charge is 0.491 e. The highest BCUT2D eigenvalue weighted by atomic mass is 35.5. The molecule has 2 aromatic rings. The van der Waals surface area contributed by atoms with Gasteiger partial charge in [-0.3, -0.25) is 4.98 Å². The summed E-state index contributed by atoms with van der Waals surface area (Å²) in [5.41, 5.74) is 0.887. The SMILES string of the molecule is CCCNCC(C)(C)COc1ccc(Cl)c2cccnc12. The van der Waals surface area contributed by atoms with Crippen molar-refractivity contribution in [2.75, 3.05) is 19.7 Å². The van der Waals surface area contributed by atoms with Gasteiger partial charge in [-0.05, 0) is 37.2 Å². The van der Waals surface area contributed by atoms with E-state index in [1.807, 2.05) is 24.3 Å². The Kier molecular flexibility index (Phi) is 5.43. The normalized spacial score (nSPS) is 11.8. The highest BCUT2D eigenvalue weighted by molar-refractivity contribution is 6.35. The van der Waals surface area contributed by atoms with Crippen LogP contribution in [0.5, 0.6) is 5.75 Å². The number of hydrogen-bond acceptors (Lipinski definition) is 3. The van der Waals surface area contributed by atoms with E-state index in [4.69, 9.17) is 16.3 Å². The Morgan fingerprint density at radius 3 is 2.86 bits per heavy atom. The molecule has 0 unspecified atom stereocenters. The van der Waals surface area contributed by atoms with Crippen LogP contribution in [0.1, 0.15) is 27.2 Å². The average molecular weight is 307 g/mol. The van der Waals surface area contributed by atoms with Crippen LogP contribution >= 0.6 is 11.6 Å². The lowest BCUT2D eigenvalue weighted by molar-refractivity contribution is 0.178. The molecule has 21 heavy (non-hydrogen) atoms. The van der Waals surface area contributed by atoms with Gasteiger partial charge in [0.1, 0.15) is 11.3 Å². The van der Waals surface area contributed by atoms with Gasteiger partial charge in [0.2, 0.25) is 0 Å². The van der Waals surface area contributed by atoms with Crippen LogP contribution in [0.4, 0.5) is 0 Å². The fourth-order valence-corrected chi connectivity index (χ4v) is 2.37. The van der Waals surface area contributed by atoms with Gasteiger partial charge in [-0.1, -0.05) is 32.4 Å². The summed E-state index contributed by atoms with van der Waals surface area (Å²) in [5, 5.41) is 5.07. The van der Waals surface area contributed by atoms with Gasteiger partial charge in [0.05, 0.1) is 11.6 Å². The monoisotopic (exact) mass is 306 g/mol. The molecule has 0 bridgehead atoms. The van der Waals surface area contributed by atoms with Gasteiger partial charge in [0, 0.05) is 23.5 Å². The zero-order valence-electron chi connectivity index (χ0n) is 12.9. The molecule has 1 heterocycles. The lowest BCUT2D eigenvalue weighted by atomic mass is 9.95. The maximum absolute atomic E-state index is 6.20. The maximum atomic E-state index is 6.20. The fourth-order valence-electron chi connectivity index (χ4n) is 2.16. The van der Waals surface area contributed by atoms with E-state index in [2.05, 4.69) is 31.1 Å². The third kappa shape index (κ3) is 4.32. The number of benzene rings is 1. The molecular weight excluding hydrogens is 284 g/mol. The van der Waals surface area contributed by atoms with Crippen LogP contribution < -0.4 is 10.1 Å². The Balaban J connectivity index is 2.08. The zero-order valence-corrected chi connectivity index (χ0v) is 13.7. The van der Waals surface area contributed by atoms with E-state index in [1.54, 1.807) is 6.20 Å². The van der Waals surface area contributed by atoms with Gasteiger partial charge in [-0.25, -0.2) is 0 Å². The maximum Gasteiger partial charge on any atom is 0.145 e. The van der Waals surface area contributed by atoms with Gasteiger partial charge >= 0.3 is 0 Å². The summed E-state index contributed by atoms with van der Waals surface area (Å²) in [7, 11) is 0. The molecule has 0 atom stereocenters. The topological polar surface area (TPSA) is 34.1 Å². The van der Waals surface area contributed by atoms with E-state index in [0.29, 0.717) is 11.6 Å². The Bertz CT molecular complexity index is 598. The summed E-state index contributed by atoms with van der Waals surface area (Å²) in [6.07, 6.45) is 2.90. The number of nitrogens with one attached hydrogen (secondary N) is 1. The van der Waals surface area contributed by atoms with E-state index in [9.17, 15) is 0 Å². The van der Waals surface area contributed by atoms with E-state index in [-0.39, 0.29) is 5.41 Å². The average Bonchev–Trinajstić information content (AvgIpc) is 2.47. The predicted molar refractivity (Wildman–Crippen MR) is 89.2 cm³/mol. The molecule has 4 heteroatoms. The molecule has 0 saturated heterocycles. The van der Waals surface area contributed by atoms with Gasteiger partial charge in [0.25, 0.3) is 0 Å². The van der Waals surface area contributed by atoms with Crippen LogP contribution in [0.3, 0.4) is 0 Å². The minimum atomic E-state index is 0.0654. The minimum Gasteiger partial charge on any atom is -0.491 e. The molecule has 0 saturated carbocycles. The lowest BCUT2D eigenvalue weighted by Crippen LogP contribution is -2.34. The standard InChI is InChI=1S/C17H23ClN2O/c1-4-9-19-11-17(2,3)12-21-15-8-7-14(18)13-6-5-10-20-16(13)15/h5-8,10,19H,4,9,11-12H2,1-3H3. The highest BCUT2D eigenvalue weighted by Gasteiger charge is 2.19. The van der Waals surface area contributed by atoms with Crippen LogP contribution in [-0.2, 0) is 0 Å². The number of halogens is 1. The Labute approximate surface area is 131 Å².